The highest BCUT2D eigenvalue weighted by atomic mass is 32.2. The van der Waals surface area contributed by atoms with Gasteiger partial charge in [0.2, 0.25) is 10.0 Å². The number of carbonyl (C=O) groups excluding carboxylic acids is 1. The third kappa shape index (κ3) is 3.93. The molecule has 1 amide bonds. The van der Waals surface area contributed by atoms with Crippen molar-refractivity contribution in [3.05, 3.63) is 65.7 Å². The molecule has 0 unspecified atom stereocenters. The summed E-state index contributed by atoms with van der Waals surface area (Å²) in [6.07, 6.45) is 0. The summed E-state index contributed by atoms with van der Waals surface area (Å²) >= 11 is 1.39. The Balaban J connectivity index is 1.74. The minimum absolute atomic E-state index is 0.132. The van der Waals surface area contributed by atoms with Crippen LogP contribution in [-0.2, 0) is 10.0 Å². The lowest BCUT2D eigenvalue weighted by atomic mass is 10.2. The standard InChI is InChI=1S/C17H15N3O3S2/c1-18-25(22,23)14-9-7-13(8-10-14)19-16(21)15-11-24-17(20-15)12-5-3-2-4-6-12/h2-11,18H,1H3,(H,19,21). The summed E-state index contributed by atoms with van der Waals surface area (Å²) in [4.78, 5) is 16.8. The highest BCUT2D eigenvalue weighted by Gasteiger charge is 2.14. The topological polar surface area (TPSA) is 88.2 Å². The first-order valence-corrected chi connectivity index (χ1v) is 9.72. The molecule has 0 aliphatic rings. The fourth-order valence-electron chi connectivity index (χ4n) is 2.12. The molecule has 0 bridgehead atoms. The molecule has 128 valence electrons. The van der Waals surface area contributed by atoms with E-state index in [4.69, 9.17) is 0 Å². The van der Waals surface area contributed by atoms with Gasteiger partial charge in [-0.05, 0) is 31.3 Å². The SMILES string of the molecule is CNS(=O)(=O)c1ccc(NC(=O)c2csc(-c3ccccc3)n2)cc1. The number of sulfonamides is 1. The van der Waals surface area contributed by atoms with Crippen LogP contribution in [0, 0.1) is 0 Å². The lowest BCUT2D eigenvalue weighted by Gasteiger charge is -2.05. The van der Waals surface area contributed by atoms with Crippen molar-refractivity contribution in [1.29, 1.82) is 0 Å². The Hall–Kier alpha value is -2.55. The predicted octanol–water partition coefficient (Wildman–Crippen LogP) is 2.97. The maximum Gasteiger partial charge on any atom is 0.275 e. The van der Waals surface area contributed by atoms with Gasteiger partial charge in [-0.15, -0.1) is 11.3 Å². The van der Waals surface area contributed by atoms with E-state index < -0.39 is 10.0 Å². The first kappa shape index (κ1) is 17.3. The second kappa shape index (κ2) is 7.14. The van der Waals surface area contributed by atoms with Crippen LogP contribution in [0.2, 0.25) is 0 Å². The summed E-state index contributed by atoms with van der Waals surface area (Å²) in [5.41, 5.74) is 1.76. The Morgan fingerprint density at radius 3 is 2.36 bits per heavy atom. The molecule has 1 heterocycles. The summed E-state index contributed by atoms with van der Waals surface area (Å²) < 4.78 is 25.6. The van der Waals surface area contributed by atoms with Crippen LogP contribution in [0.3, 0.4) is 0 Å². The summed E-state index contributed by atoms with van der Waals surface area (Å²) in [5, 5.41) is 5.17. The van der Waals surface area contributed by atoms with E-state index in [1.54, 1.807) is 5.38 Å². The summed E-state index contributed by atoms with van der Waals surface area (Å²) in [7, 11) is -2.15. The van der Waals surface area contributed by atoms with Crippen molar-refractivity contribution in [2.24, 2.45) is 0 Å². The molecule has 0 fully saturated rings. The van der Waals surface area contributed by atoms with Gasteiger partial charge in [0, 0.05) is 16.6 Å². The minimum atomic E-state index is -3.50. The van der Waals surface area contributed by atoms with Gasteiger partial charge in [-0.3, -0.25) is 4.79 Å². The van der Waals surface area contributed by atoms with Crippen LogP contribution < -0.4 is 10.0 Å². The molecule has 6 nitrogen and oxygen atoms in total. The molecule has 0 spiro atoms. The van der Waals surface area contributed by atoms with Crippen LogP contribution in [0.5, 0.6) is 0 Å². The number of hydrogen-bond donors (Lipinski definition) is 2. The molecule has 0 saturated carbocycles. The zero-order valence-corrected chi connectivity index (χ0v) is 14.9. The highest BCUT2D eigenvalue weighted by Crippen LogP contribution is 2.24. The Morgan fingerprint density at radius 2 is 1.72 bits per heavy atom. The Kier molecular flexibility index (Phi) is 4.93. The van der Waals surface area contributed by atoms with Gasteiger partial charge in [0.15, 0.2) is 0 Å². The fraction of sp³-hybridized carbons (Fsp3) is 0.0588. The van der Waals surface area contributed by atoms with Gasteiger partial charge in [-0.25, -0.2) is 18.1 Å². The van der Waals surface area contributed by atoms with Crippen LogP contribution >= 0.6 is 11.3 Å². The quantitative estimate of drug-likeness (QED) is 0.720. The second-order valence-corrected chi connectivity index (χ2v) is 7.83. The van der Waals surface area contributed by atoms with E-state index in [1.165, 1.54) is 42.6 Å². The summed E-state index contributed by atoms with van der Waals surface area (Å²) in [6, 6.07) is 15.5. The minimum Gasteiger partial charge on any atom is -0.321 e. The number of nitrogens with zero attached hydrogens (tertiary/aromatic N) is 1. The van der Waals surface area contributed by atoms with Crippen LogP contribution in [-0.4, -0.2) is 26.4 Å². The van der Waals surface area contributed by atoms with Crippen molar-refractivity contribution in [2.75, 3.05) is 12.4 Å². The molecule has 0 saturated heterocycles. The van der Waals surface area contributed by atoms with E-state index in [9.17, 15) is 13.2 Å². The Labute approximate surface area is 149 Å². The number of nitrogens with one attached hydrogen (secondary N) is 2. The van der Waals surface area contributed by atoms with Gasteiger partial charge in [0.1, 0.15) is 10.7 Å². The number of carbonyl (C=O) groups is 1. The normalized spacial score (nSPS) is 11.2. The molecule has 0 aliphatic carbocycles. The molecule has 1 aromatic heterocycles. The summed E-state index contributed by atoms with van der Waals surface area (Å²) in [6.45, 7) is 0. The molecule has 8 heteroatoms. The van der Waals surface area contributed by atoms with Gasteiger partial charge >= 0.3 is 0 Å². The molecular weight excluding hydrogens is 358 g/mol. The molecular formula is C17H15N3O3S2. The molecule has 25 heavy (non-hydrogen) atoms. The van der Waals surface area contributed by atoms with Crippen molar-refractivity contribution in [1.82, 2.24) is 9.71 Å². The van der Waals surface area contributed by atoms with Crippen LogP contribution in [0.1, 0.15) is 10.5 Å². The zero-order valence-electron chi connectivity index (χ0n) is 13.3. The lowest BCUT2D eigenvalue weighted by molar-refractivity contribution is 0.102. The summed E-state index contributed by atoms with van der Waals surface area (Å²) in [5.74, 6) is -0.345. The number of thiazole rings is 1. The van der Waals surface area contributed by atoms with E-state index in [1.807, 2.05) is 30.3 Å². The monoisotopic (exact) mass is 373 g/mol. The maximum absolute atomic E-state index is 12.3. The largest absolute Gasteiger partial charge is 0.321 e. The number of amides is 1. The van der Waals surface area contributed by atoms with Gasteiger partial charge in [0.25, 0.3) is 5.91 Å². The second-order valence-electron chi connectivity index (χ2n) is 5.09. The Bertz CT molecular complexity index is 981. The van der Waals surface area contributed by atoms with Gasteiger partial charge < -0.3 is 5.32 Å². The van der Waals surface area contributed by atoms with Crippen LogP contribution in [0.15, 0.2) is 64.9 Å². The van der Waals surface area contributed by atoms with Gasteiger partial charge in [0.05, 0.1) is 4.90 Å². The van der Waals surface area contributed by atoms with E-state index in [2.05, 4.69) is 15.0 Å². The van der Waals surface area contributed by atoms with E-state index >= 15 is 0 Å². The number of rotatable bonds is 5. The molecule has 3 aromatic rings. The van der Waals surface area contributed by atoms with E-state index in [-0.39, 0.29) is 10.8 Å². The van der Waals surface area contributed by atoms with Crippen molar-refractivity contribution in [3.8, 4) is 10.6 Å². The molecule has 0 radical (unpaired) electrons. The van der Waals surface area contributed by atoms with Gasteiger partial charge in [-0.2, -0.15) is 0 Å². The molecule has 2 aromatic carbocycles. The third-order valence-corrected chi connectivity index (χ3v) is 5.77. The number of benzene rings is 2. The molecule has 0 atom stereocenters. The van der Waals surface area contributed by atoms with Crippen molar-refractivity contribution < 1.29 is 13.2 Å². The van der Waals surface area contributed by atoms with Gasteiger partial charge in [-0.1, -0.05) is 30.3 Å². The van der Waals surface area contributed by atoms with Crippen molar-refractivity contribution in [2.45, 2.75) is 4.90 Å². The first-order chi connectivity index (χ1) is 12.0. The van der Waals surface area contributed by atoms with Crippen LogP contribution in [0.4, 0.5) is 5.69 Å². The predicted molar refractivity (Wildman–Crippen MR) is 98.2 cm³/mol. The average molecular weight is 373 g/mol. The molecule has 0 aliphatic heterocycles. The third-order valence-electron chi connectivity index (χ3n) is 3.45. The number of aromatic nitrogens is 1. The van der Waals surface area contributed by atoms with Crippen molar-refractivity contribution >= 4 is 33.0 Å². The molecule has 2 N–H and O–H groups in total. The fourth-order valence-corrected chi connectivity index (χ4v) is 3.66. The average Bonchev–Trinajstić information content (AvgIpc) is 3.13. The molecule has 3 rings (SSSR count). The lowest BCUT2D eigenvalue weighted by Crippen LogP contribution is -2.18. The zero-order chi connectivity index (χ0) is 17.9. The smallest absolute Gasteiger partial charge is 0.275 e. The first-order valence-electron chi connectivity index (χ1n) is 7.35. The van der Waals surface area contributed by atoms with Crippen LogP contribution in [0.25, 0.3) is 10.6 Å². The van der Waals surface area contributed by atoms with E-state index in [0.717, 1.165) is 10.6 Å². The van der Waals surface area contributed by atoms with Crippen molar-refractivity contribution in [3.63, 3.8) is 0 Å². The maximum atomic E-state index is 12.3. The number of hydrogen-bond acceptors (Lipinski definition) is 5. The van der Waals surface area contributed by atoms with E-state index in [0.29, 0.717) is 11.4 Å². The highest BCUT2D eigenvalue weighted by molar-refractivity contribution is 7.89. The number of anilines is 1. The Morgan fingerprint density at radius 1 is 1.04 bits per heavy atom.